The molecule has 0 saturated carbocycles. The first-order chi connectivity index (χ1) is 8.63. The quantitative estimate of drug-likeness (QED) is 0.375. The van der Waals surface area contributed by atoms with Crippen molar-refractivity contribution in [2.75, 3.05) is 6.61 Å². The zero-order chi connectivity index (χ0) is 13.4. The number of hydrogen-bond acceptors (Lipinski definition) is 4. The number of aliphatic hydroxyl groups excluding tert-OH is 1. The molecular weight excluding hydrogens is 232 g/mol. The third kappa shape index (κ3) is 4.81. The highest BCUT2D eigenvalue weighted by molar-refractivity contribution is 5.96. The fraction of sp³-hybridized carbons (Fsp3) is 0.286. The van der Waals surface area contributed by atoms with E-state index in [9.17, 15) is 14.7 Å². The van der Waals surface area contributed by atoms with E-state index < -0.39 is 12.1 Å². The van der Waals surface area contributed by atoms with Gasteiger partial charge in [0.1, 0.15) is 6.10 Å². The van der Waals surface area contributed by atoms with Crippen molar-refractivity contribution in [3.63, 3.8) is 0 Å². The molecule has 4 heteroatoms. The van der Waals surface area contributed by atoms with Crippen LogP contribution in [0.25, 0.3) is 0 Å². The van der Waals surface area contributed by atoms with Gasteiger partial charge >= 0.3 is 5.97 Å². The Bertz CT molecular complexity index is 468. The molecule has 1 aromatic carbocycles. The van der Waals surface area contributed by atoms with Crippen molar-refractivity contribution < 1.29 is 19.4 Å². The van der Waals surface area contributed by atoms with Gasteiger partial charge in [-0.1, -0.05) is 36.3 Å². The van der Waals surface area contributed by atoms with Gasteiger partial charge in [-0.2, -0.15) is 0 Å². The van der Waals surface area contributed by atoms with Crippen molar-refractivity contribution in [3.05, 3.63) is 35.9 Å². The van der Waals surface area contributed by atoms with Crippen LogP contribution in [0, 0.1) is 11.8 Å². The van der Waals surface area contributed by atoms with Crippen LogP contribution in [0.2, 0.25) is 0 Å². The number of ketones is 1. The lowest BCUT2D eigenvalue weighted by Crippen LogP contribution is -2.12. The Labute approximate surface area is 106 Å². The summed E-state index contributed by atoms with van der Waals surface area (Å²) in [7, 11) is 0. The van der Waals surface area contributed by atoms with E-state index in [4.69, 9.17) is 0 Å². The average molecular weight is 246 g/mol. The van der Waals surface area contributed by atoms with Gasteiger partial charge in [-0.15, -0.1) is 0 Å². The molecule has 1 N–H and O–H groups in total. The molecule has 0 aromatic heterocycles. The summed E-state index contributed by atoms with van der Waals surface area (Å²) >= 11 is 0. The molecule has 94 valence electrons. The average Bonchev–Trinajstić information content (AvgIpc) is 2.38. The fourth-order valence-corrected chi connectivity index (χ4v) is 1.28. The molecule has 0 radical (unpaired) electrons. The van der Waals surface area contributed by atoms with Crippen molar-refractivity contribution in [1.82, 2.24) is 0 Å². The van der Waals surface area contributed by atoms with Crippen LogP contribution in [0.1, 0.15) is 23.7 Å². The zero-order valence-corrected chi connectivity index (χ0v) is 10.1. The molecule has 0 aliphatic rings. The van der Waals surface area contributed by atoms with Gasteiger partial charge in [-0.3, -0.25) is 4.79 Å². The molecule has 0 heterocycles. The van der Waals surface area contributed by atoms with Crippen LogP contribution in [-0.4, -0.2) is 29.6 Å². The molecular formula is C14H14O4. The largest absolute Gasteiger partial charge is 0.456 e. The SMILES string of the molecule is CCOC(=O)C#C[C@H](O)CC(=O)c1ccccc1. The lowest BCUT2D eigenvalue weighted by Gasteiger charge is -2.02. The number of benzene rings is 1. The van der Waals surface area contributed by atoms with Crippen LogP contribution in [0.4, 0.5) is 0 Å². The van der Waals surface area contributed by atoms with Crippen molar-refractivity contribution in [1.29, 1.82) is 0 Å². The number of esters is 1. The van der Waals surface area contributed by atoms with Crippen molar-refractivity contribution >= 4 is 11.8 Å². The Morgan fingerprint density at radius 1 is 1.33 bits per heavy atom. The minimum atomic E-state index is -1.16. The van der Waals surface area contributed by atoms with Crippen molar-refractivity contribution in [3.8, 4) is 11.8 Å². The standard InChI is InChI=1S/C14H14O4/c1-2-18-14(17)9-8-12(15)10-13(16)11-6-4-3-5-7-11/h3-7,12,15H,2,10H2,1H3/t12-/m0/s1. The van der Waals surface area contributed by atoms with Crippen LogP contribution in [0.15, 0.2) is 30.3 Å². The molecule has 0 aliphatic carbocycles. The third-order valence-corrected chi connectivity index (χ3v) is 2.09. The fourth-order valence-electron chi connectivity index (χ4n) is 1.28. The van der Waals surface area contributed by atoms with Crippen LogP contribution in [0.5, 0.6) is 0 Å². The second-order valence-electron chi connectivity index (χ2n) is 3.50. The van der Waals surface area contributed by atoms with Gasteiger partial charge < -0.3 is 9.84 Å². The molecule has 0 amide bonds. The Hall–Kier alpha value is -2.12. The number of carbonyl (C=O) groups excluding carboxylic acids is 2. The van der Waals surface area contributed by atoms with Gasteiger partial charge in [-0.05, 0) is 6.92 Å². The maximum Gasteiger partial charge on any atom is 0.384 e. The maximum absolute atomic E-state index is 11.7. The summed E-state index contributed by atoms with van der Waals surface area (Å²) in [6.45, 7) is 1.89. The Morgan fingerprint density at radius 3 is 2.61 bits per heavy atom. The first-order valence-corrected chi connectivity index (χ1v) is 5.58. The summed E-state index contributed by atoms with van der Waals surface area (Å²) in [4.78, 5) is 22.6. The minimum absolute atomic E-state index is 0.142. The van der Waals surface area contributed by atoms with Crippen LogP contribution >= 0.6 is 0 Å². The smallest absolute Gasteiger partial charge is 0.384 e. The topological polar surface area (TPSA) is 63.6 Å². The molecule has 0 unspecified atom stereocenters. The molecule has 0 fully saturated rings. The van der Waals surface area contributed by atoms with Gasteiger partial charge in [0, 0.05) is 17.9 Å². The van der Waals surface area contributed by atoms with E-state index in [1.807, 2.05) is 0 Å². The van der Waals surface area contributed by atoms with Crippen LogP contribution < -0.4 is 0 Å². The predicted octanol–water partition coefficient (Wildman–Crippen LogP) is 1.19. The van der Waals surface area contributed by atoms with Crippen LogP contribution in [-0.2, 0) is 9.53 Å². The number of ether oxygens (including phenoxy) is 1. The summed E-state index contributed by atoms with van der Waals surface area (Å²) in [5.41, 5.74) is 0.509. The van der Waals surface area contributed by atoms with E-state index >= 15 is 0 Å². The summed E-state index contributed by atoms with van der Waals surface area (Å²) in [6, 6.07) is 8.60. The first kappa shape index (κ1) is 13.9. The molecule has 1 atom stereocenters. The van der Waals surface area contributed by atoms with E-state index in [0.29, 0.717) is 5.56 Å². The monoisotopic (exact) mass is 246 g/mol. The molecule has 0 bridgehead atoms. The Morgan fingerprint density at radius 2 is 2.00 bits per heavy atom. The van der Waals surface area contributed by atoms with E-state index in [2.05, 4.69) is 16.6 Å². The second kappa shape index (κ2) is 7.25. The van der Waals surface area contributed by atoms with Gasteiger partial charge in [0.25, 0.3) is 0 Å². The highest BCUT2D eigenvalue weighted by Crippen LogP contribution is 2.04. The lowest BCUT2D eigenvalue weighted by molar-refractivity contribution is -0.136. The number of Topliss-reactive ketones (excluding diaryl/α,β-unsaturated/α-hetero) is 1. The Kier molecular flexibility index (Phi) is 5.62. The summed E-state index contributed by atoms with van der Waals surface area (Å²) in [5.74, 6) is 3.48. The van der Waals surface area contributed by atoms with Gasteiger partial charge in [0.2, 0.25) is 0 Å². The van der Waals surface area contributed by atoms with Gasteiger partial charge in [0.15, 0.2) is 5.78 Å². The summed E-state index contributed by atoms with van der Waals surface area (Å²) in [6.07, 6.45) is -1.31. The highest BCUT2D eigenvalue weighted by atomic mass is 16.5. The molecule has 0 aliphatic heterocycles. The van der Waals surface area contributed by atoms with E-state index in [1.54, 1.807) is 37.3 Å². The first-order valence-electron chi connectivity index (χ1n) is 5.58. The molecule has 1 aromatic rings. The van der Waals surface area contributed by atoms with E-state index in [0.717, 1.165) is 0 Å². The number of carbonyl (C=O) groups is 2. The number of aliphatic hydroxyl groups is 1. The summed E-state index contributed by atoms with van der Waals surface area (Å²) in [5, 5.41) is 9.50. The molecule has 4 nitrogen and oxygen atoms in total. The van der Waals surface area contributed by atoms with E-state index in [-0.39, 0.29) is 18.8 Å². The minimum Gasteiger partial charge on any atom is -0.456 e. The normalized spacial score (nSPS) is 11.0. The zero-order valence-electron chi connectivity index (χ0n) is 10.1. The lowest BCUT2D eigenvalue weighted by atomic mass is 10.1. The highest BCUT2D eigenvalue weighted by Gasteiger charge is 2.10. The maximum atomic E-state index is 11.7. The molecule has 0 saturated heterocycles. The van der Waals surface area contributed by atoms with Crippen LogP contribution in [0.3, 0.4) is 0 Å². The Balaban J connectivity index is 2.53. The summed E-state index contributed by atoms with van der Waals surface area (Å²) < 4.78 is 4.57. The predicted molar refractivity (Wildman–Crippen MR) is 65.8 cm³/mol. The van der Waals surface area contributed by atoms with Crippen molar-refractivity contribution in [2.24, 2.45) is 0 Å². The molecule has 0 spiro atoms. The second-order valence-corrected chi connectivity index (χ2v) is 3.50. The van der Waals surface area contributed by atoms with E-state index in [1.165, 1.54) is 0 Å². The molecule has 1 rings (SSSR count). The van der Waals surface area contributed by atoms with Crippen molar-refractivity contribution in [2.45, 2.75) is 19.4 Å². The third-order valence-electron chi connectivity index (χ3n) is 2.09. The van der Waals surface area contributed by atoms with Gasteiger partial charge in [-0.25, -0.2) is 4.79 Å². The number of rotatable bonds is 4. The number of hydrogen-bond donors (Lipinski definition) is 1. The molecule has 18 heavy (non-hydrogen) atoms. The van der Waals surface area contributed by atoms with Gasteiger partial charge in [0.05, 0.1) is 6.61 Å².